The van der Waals surface area contributed by atoms with E-state index in [4.69, 9.17) is 0 Å². The standard InChI is InChI=1S/C13H21N3/c1-3-14-12-5-4-8-16(10-12)13-7-6-11(2)15-9-13/h6-7,9,12,14H,3-5,8,10H2,1-2H3. The van der Waals surface area contributed by atoms with Crippen LogP contribution < -0.4 is 10.2 Å². The first-order valence-corrected chi connectivity index (χ1v) is 6.20. The number of rotatable bonds is 3. The lowest BCUT2D eigenvalue weighted by Crippen LogP contribution is -2.45. The maximum absolute atomic E-state index is 4.36. The zero-order chi connectivity index (χ0) is 11.4. The number of aryl methyl sites for hydroxylation is 1. The first kappa shape index (κ1) is 11.4. The second-order valence-electron chi connectivity index (χ2n) is 4.50. The minimum absolute atomic E-state index is 0.639. The van der Waals surface area contributed by atoms with Crippen molar-refractivity contribution >= 4 is 5.69 Å². The van der Waals surface area contributed by atoms with E-state index in [1.54, 1.807) is 0 Å². The van der Waals surface area contributed by atoms with E-state index < -0.39 is 0 Å². The Kier molecular flexibility index (Phi) is 3.78. The van der Waals surface area contributed by atoms with Gasteiger partial charge in [0.1, 0.15) is 0 Å². The first-order chi connectivity index (χ1) is 7.79. The quantitative estimate of drug-likeness (QED) is 0.842. The molecule has 1 unspecified atom stereocenters. The number of piperidine rings is 1. The van der Waals surface area contributed by atoms with Gasteiger partial charge in [0.2, 0.25) is 0 Å². The number of pyridine rings is 1. The van der Waals surface area contributed by atoms with Gasteiger partial charge in [-0.3, -0.25) is 4.98 Å². The average Bonchev–Trinajstić information content (AvgIpc) is 2.31. The van der Waals surface area contributed by atoms with E-state index in [2.05, 4.69) is 34.3 Å². The molecule has 0 saturated carbocycles. The molecule has 1 aromatic heterocycles. The molecule has 0 aromatic carbocycles. The Morgan fingerprint density at radius 3 is 3.06 bits per heavy atom. The fourth-order valence-corrected chi connectivity index (χ4v) is 2.31. The molecule has 0 radical (unpaired) electrons. The van der Waals surface area contributed by atoms with Crippen molar-refractivity contribution in [3.05, 3.63) is 24.0 Å². The van der Waals surface area contributed by atoms with Crippen molar-refractivity contribution in [3.8, 4) is 0 Å². The number of nitrogens with zero attached hydrogens (tertiary/aromatic N) is 2. The third-order valence-electron chi connectivity index (χ3n) is 3.18. The van der Waals surface area contributed by atoms with E-state index in [1.165, 1.54) is 18.5 Å². The number of anilines is 1. The van der Waals surface area contributed by atoms with Crippen LogP contribution in [0.4, 0.5) is 5.69 Å². The maximum atomic E-state index is 4.36. The number of nitrogens with one attached hydrogen (secondary N) is 1. The molecule has 16 heavy (non-hydrogen) atoms. The van der Waals surface area contributed by atoms with Crippen molar-refractivity contribution in [2.75, 3.05) is 24.5 Å². The third kappa shape index (κ3) is 2.73. The van der Waals surface area contributed by atoms with Crippen molar-refractivity contribution in [3.63, 3.8) is 0 Å². The highest BCUT2D eigenvalue weighted by Crippen LogP contribution is 2.19. The predicted molar refractivity (Wildman–Crippen MR) is 67.9 cm³/mol. The molecule has 0 spiro atoms. The highest BCUT2D eigenvalue weighted by atomic mass is 15.2. The molecule has 88 valence electrons. The summed E-state index contributed by atoms with van der Waals surface area (Å²) in [5.74, 6) is 0. The van der Waals surface area contributed by atoms with Crippen LogP contribution in [0, 0.1) is 6.92 Å². The van der Waals surface area contributed by atoms with Gasteiger partial charge in [-0.05, 0) is 38.4 Å². The summed E-state index contributed by atoms with van der Waals surface area (Å²) in [7, 11) is 0. The van der Waals surface area contributed by atoms with Gasteiger partial charge in [0.15, 0.2) is 0 Å². The zero-order valence-electron chi connectivity index (χ0n) is 10.2. The van der Waals surface area contributed by atoms with Gasteiger partial charge >= 0.3 is 0 Å². The van der Waals surface area contributed by atoms with Gasteiger partial charge in [-0.15, -0.1) is 0 Å². The molecule has 1 N–H and O–H groups in total. The molecule has 3 nitrogen and oxygen atoms in total. The Labute approximate surface area is 97.9 Å². The van der Waals surface area contributed by atoms with Crippen LogP contribution >= 0.6 is 0 Å². The van der Waals surface area contributed by atoms with Crippen molar-refractivity contribution in [2.24, 2.45) is 0 Å². The number of hydrogen-bond donors (Lipinski definition) is 1. The molecule has 3 heteroatoms. The largest absolute Gasteiger partial charge is 0.369 e. The smallest absolute Gasteiger partial charge is 0.0553 e. The minimum atomic E-state index is 0.639. The fourth-order valence-electron chi connectivity index (χ4n) is 2.31. The first-order valence-electron chi connectivity index (χ1n) is 6.20. The summed E-state index contributed by atoms with van der Waals surface area (Å²) in [6.45, 7) is 7.53. The molecule has 1 fully saturated rings. The molecular weight excluding hydrogens is 198 g/mol. The molecule has 2 heterocycles. The normalized spacial score (nSPS) is 21.1. The van der Waals surface area contributed by atoms with Gasteiger partial charge in [-0.25, -0.2) is 0 Å². The summed E-state index contributed by atoms with van der Waals surface area (Å²) in [4.78, 5) is 6.80. The maximum Gasteiger partial charge on any atom is 0.0553 e. The molecule has 0 aliphatic carbocycles. The Hall–Kier alpha value is -1.09. The van der Waals surface area contributed by atoms with E-state index in [-0.39, 0.29) is 0 Å². The van der Waals surface area contributed by atoms with Crippen LogP contribution in [0.1, 0.15) is 25.5 Å². The molecule has 0 bridgehead atoms. The van der Waals surface area contributed by atoms with Gasteiger partial charge in [0.25, 0.3) is 0 Å². The molecular formula is C13H21N3. The Morgan fingerprint density at radius 2 is 2.38 bits per heavy atom. The zero-order valence-corrected chi connectivity index (χ0v) is 10.2. The van der Waals surface area contributed by atoms with Crippen LogP contribution in [0.5, 0.6) is 0 Å². The summed E-state index contributed by atoms with van der Waals surface area (Å²) in [5, 5.41) is 3.53. The summed E-state index contributed by atoms with van der Waals surface area (Å²) in [6, 6.07) is 4.91. The Bertz CT molecular complexity index is 318. The second kappa shape index (κ2) is 5.30. The minimum Gasteiger partial charge on any atom is -0.369 e. The molecule has 1 aliphatic rings. The lowest BCUT2D eigenvalue weighted by atomic mass is 10.1. The molecule has 1 atom stereocenters. The highest BCUT2D eigenvalue weighted by molar-refractivity contribution is 5.45. The molecule has 2 rings (SSSR count). The van der Waals surface area contributed by atoms with E-state index >= 15 is 0 Å². The van der Waals surface area contributed by atoms with E-state index in [9.17, 15) is 0 Å². The van der Waals surface area contributed by atoms with E-state index in [0.29, 0.717) is 6.04 Å². The SMILES string of the molecule is CCNC1CCCN(c2ccc(C)nc2)C1. The average molecular weight is 219 g/mol. The molecule has 1 saturated heterocycles. The van der Waals surface area contributed by atoms with Crippen LogP contribution in [0.2, 0.25) is 0 Å². The lowest BCUT2D eigenvalue weighted by molar-refractivity contribution is 0.431. The topological polar surface area (TPSA) is 28.2 Å². The van der Waals surface area contributed by atoms with Crippen molar-refractivity contribution in [2.45, 2.75) is 32.7 Å². The Morgan fingerprint density at radius 1 is 1.50 bits per heavy atom. The predicted octanol–water partition coefficient (Wildman–Crippen LogP) is 1.97. The van der Waals surface area contributed by atoms with Crippen molar-refractivity contribution in [1.29, 1.82) is 0 Å². The van der Waals surface area contributed by atoms with Crippen LogP contribution in [0.3, 0.4) is 0 Å². The summed E-state index contributed by atoms with van der Waals surface area (Å²) >= 11 is 0. The molecule has 1 aliphatic heterocycles. The van der Waals surface area contributed by atoms with Crippen molar-refractivity contribution < 1.29 is 0 Å². The van der Waals surface area contributed by atoms with Gasteiger partial charge in [-0.2, -0.15) is 0 Å². The van der Waals surface area contributed by atoms with Gasteiger partial charge < -0.3 is 10.2 Å². The highest BCUT2D eigenvalue weighted by Gasteiger charge is 2.19. The number of hydrogen-bond acceptors (Lipinski definition) is 3. The van der Waals surface area contributed by atoms with Crippen LogP contribution in [-0.4, -0.2) is 30.7 Å². The molecule has 1 aromatic rings. The molecule has 0 amide bonds. The van der Waals surface area contributed by atoms with Gasteiger partial charge in [0, 0.05) is 24.8 Å². The summed E-state index contributed by atoms with van der Waals surface area (Å²) in [5.41, 5.74) is 2.34. The summed E-state index contributed by atoms with van der Waals surface area (Å²) in [6.07, 6.45) is 4.55. The van der Waals surface area contributed by atoms with Gasteiger partial charge in [0.05, 0.1) is 11.9 Å². The monoisotopic (exact) mass is 219 g/mol. The van der Waals surface area contributed by atoms with Gasteiger partial charge in [-0.1, -0.05) is 6.92 Å². The third-order valence-corrected chi connectivity index (χ3v) is 3.18. The lowest BCUT2D eigenvalue weighted by Gasteiger charge is -2.34. The van der Waals surface area contributed by atoms with E-state index in [1.807, 2.05) is 13.1 Å². The number of aromatic nitrogens is 1. The number of likely N-dealkylation sites (N-methyl/N-ethyl adjacent to an activating group) is 1. The van der Waals surface area contributed by atoms with E-state index in [0.717, 1.165) is 25.3 Å². The Balaban J connectivity index is 2.01. The van der Waals surface area contributed by atoms with Crippen LogP contribution in [-0.2, 0) is 0 Å². The van der Waals surface area contributed by atoms with Crippen LogP contribution in [0.15, 0.2) is 18.3 Å². The summed E-state index contributed by atoms with van der Waals surface area (Å²) < 4.78 is 0. The second-order valence-corrected chi connectivity index (χ2v) is 4.50. The fraction of sp³-hybridized carbons (Fsp3) is 0.615. The van der Waals surface area contributed by atoms with Crippen LogP contribution in [0.25, 0.3) is 0 Å². The van der Waals surface area contributed by atoms with Crippen molar-refractivity contribution in [1.82, 2.24) is 10.3 Å².